The summed E-state index contributed by atoms with van der Waals surface area (Å²) in [6.07, 6.45) is 71.3. The lowest BCUT2D eigenvalue weighted by Crippen LogP contribution is -2.30. The first-order chi connectivity index (χ1) is 33.5. The van der Waals surface area contributed by atoms with E-state index < -0.39 is 6.10 Å². The third kappa shape index (κ3) is 54.1. The molecule has 0 aromatic carbocycles. The molecule has 6 nitrogen and oxygen atoms in total. The summed E-state index contributed by atoms with van der Waals surface area (Å²) in [5, 5.41) is 0. The molecule has 0 bridgehead atoms. The molecule has 1 atom stereocenters. The summed E-state index contributed by atoms with van der Waals surface area (Å²) < 4.78 is 16.7. The number of ether oxygens (including phenoxy) is 3. The van der Waals surface area contributed by atoms with E-state index in [4.69, 9.17) is 14.2 Å². The maximum atomic E-state index is 12.7. The van der Waals surface area contributed by atoms with Crippen LogP contribution in [0.1, 0.15) is 297 Å². The van der Waals surface area contributed by atoms with E-state index in [-0.39, 0.29) is 31.1 Å². The Labute approximate surface area is 421 Å². The number of unbranched alkanes of at least 4 members (excludes halogenated alkanes) is 32. The minimum atomic E-state index is -0.764. The van der Waals surface area contributed by atoms with Crippen LogP contribution in [0.15, 0.2) is 60.8 Å². The molecule has 1 unspecified atom stereocenters. The Kier molecular flexibility index (Phi) is 54.3. The minimum Gasteiger partial charge on any atom is -0.462 e. The van der Waals surface area contributed by atoms with Crippen molar-refractivity contribution in [3.63, 3.8) is 0 Å². The van der Waals surface area contributed by atoms with Gasteiger partial charge in [0.1, 0.15) is 13.2 Å². The van der Waals surface area contributed by atoms with Gasteiger partial charge >= 0.3 is 17.9 Å². The van der Waals surface area contributed by atoms with Gasteiger partial charge in [0.05, 0.1) is 0 Å². The quantitative estimate of drug-likeness (QED) is 0.0262. The highest BCUT2D eigenvalue weighted by molar-refractivity contribution is 5.71. The Balaban J connectivity index is 3.91. The highest BCUT2D eigenvalue weighted by Crippen LogP contribution is 2.17. The molecular weight excluding hydrogens is 841 g/mol. The lowest BCUT2D eigenvalue weighted by atomic mass is 10.0. The third-order valence-electron chi connectivity index (χ3n) is 12.8. The SMILES string of the molecule is CC/C=C\C/C=C\C/C=C\C/C=C\C/C=C\CCCCCCCCCCCCCCCCCCCC(=O)OCC(COC(=O)CCCCCCCC)OC(=O)CCCCCCCCCCCCC. The zero-order valence-corrected chi connectivity index (χ0v) is 45.1. The molecule has 68 heavy (non-hydrogen) atoms. The van der Waals surface area contributed by atoms with Gasteiger partial charge in [0.15, 0.2) is 6.10 Å². The van der Waals surface area contributed by atoms with Crippen molar-refractivity contribution >= 4 is 17.9 Å². The van der Waals surface area contributed by atoms with E-state index in [0.29, 0.717) is 19.3 Å². The maximum Gasteiger partial charge on any atom is 0.306 e. The number of carbonyl (C=O) groups excluding carboxylic acids is 3. The van der Waals surface area contributed by atoms with Gasteiger partial charge in [0.25, 0.3) is 0 Å². The number of esters is 3. The maximum absolute atomic E-state index is 12.7. The van der Waals surface area contributed by atoms with E-state index >= 15 is 0 Å². The molecule has 0 aromatic heterocycles. The van der Waals surface area contributed by atoms with Crippen molar-refractivity contribution in [2.75, 3.05) is 13.2 Å². The predicted octanol–water partition coefficient (Wildman–Crippen LogP) is 19.6. The number of hydrogen-bond donors (Lipinski definition) is 0. The first kappa shape index (κ1) is 65.1. The largest absolute Gasteiger partial charge is 0.462 e. The van der Waals surface area contributed by atoms with Crippen molar-refractivity contribution < 1.29 is 28.6 Å². The van der Waals surface area contributed by atoms with E-state index in [2.05, 4.69) is 81.5 Å². The monoisotopic (exact) mass is 951 g/mol. The molecule has 0 N–H and O–H groups in total. The lowest BCUT2D eigenvalue weighted by molar-refractivity contribution is -0.167. The first-order valence-corrected chi connectivity index (χ1v) is 29.3. The number of allylic oxidation sites excluding steroid dienone is 10. The Morgan fingerprint density at radius 1 is 0.309 bits per heavy atom. The van der Waals surface area contributed by atoms with Crippen LogP contribution in [0.5, 0.6) is 0 Å². The van der Waals surface area contributed by atoms with Crippen molar-refractivity contribution in [2.24, 2.45) is 0 Å². The molecule has 0 aliphatic rings. The molecule has 0 saturated heterocycles. The molecule has 0 radical (unpaired) electrons. The van der Waals surface area contributed by atoms with Gasteiger partial charge < -0.3 is 14.2 Å². The highest BCUT2D eigenvalue weighted by atomic mass is 16.6. The van der Waals surface area contributed by atoms with Crippen LogP contribution in [0.2, 0.25) is 0 Å². The Bertz CT molecular complexity index is 1230. The average molecular weight is 952 g/mol. The summed E-state index contributed by atoms with van der Waals surface area (Å²) in [5.41, 5.74) is 0. The van der Waals surface area contributed by atoms with Crippen molar-refractivity contribution in [3.05, 3.63) is 60.8 Å². The number of hydrogen-bond acceptors (Lipinski definition) is 6. The zero-order valence-electron chi connectivity index (χ0n) is 45.1. The molecule has 0 heterocycles. The van der Waals surface area contributed by atoms with E-state index in [0.717, 1.165) is 89.9 Å². The van der Waals surface area contributed by atoms with E-state index in [1.165, 1.54) is 167 Å². The van der Waals surface area contributed by atoms with E-state index in [1.807, 2.05) is 0 Å². The van der Waals surface area contributed by atoms with E-state index in [1.54, 1.807) is 0 Å². The molecule has 0 rings (SSSR count). The van der Waals surface area contributed by atoms with Gasteiger partial charge in [-0.25, -0.2) is 0 Å². The van der Waals surface area contributed by atoms with Gasteiger partial charge in [0, 0.05) is 19.3 Å². The highest BCUT2D eigenvalue weighted by Gasteiger charge is 2.19. The Morgan fingerprint density at radius 3 is 0.897 bits per heavy atom. The second-order valence-corrected chi connectivity index (χ2v) is 19.5. The van der Waals surface area contributed by atoms with Gasteiger partial charge in [0.2, 0.25) is 0 Å². The van der Waals surface area contributed by atoms with Crippen LogP contribution in [0.4, 0.5) is 0 Å². The summed E-state index contributed by atoms with van der Waals surface area (Å²) >= 11 is 0. The normalized spacial score (nSPS) is 12.5. The second kappa shape index (κ2) is 56.7. The van der Waals surface area contributed by atoms with Crippen LogP contribution in [-0.2, 0) is 28.6 Å². The summed E-state index contributed by atoms with van der Waals surface area (Å²) in [4.78, 5) is 37.7. The van der Waals surface area contributed by atoms with Crippen LogP contribution < -0.4 is 0 Å². The fourth-order valence-corrected chi connectivity index (χ4v) is 8.41. The molecule has 6 heteroatoms. The smallest absolute Gasteiger partial charge is 0.306 e. The summed E-state index contributed by atoms with van der Waals surface area (Å²) in [6, 6.07) is 0. The number of rotatable bonds is 53. The lowest BCUT2D eigenvalue weighted by Gasteiger charge is -2.18. The van der Waals surface area contributed by atoms with Crippen molar-refractivity contribution in [3.8, 4) is 0 Å². The van der Waals surface area contributed by atoms with Gasteiger partial charge in [-0.1, -0.05) is 274 Å². The molecule has 0 saturated carbocycles. The summed E-state index contributed by atoms with van der Waals surface area (Å²) in [7, 11) is 0. The van der Waals surface area contributed by atoms with Crippen molar-refractivity contribution in [1.29, 1.82) is 0 Å². The molecule has 0 spiro atoms. The Morgan fingerprint density at radius 2 is 0.574 bits per heavy atom. The average Bonchev–Trinajstić information content (AvgIpc) is 3.34. The second-order valence-electron chi connectivity index (χ2n) is 19.5. The van der Waals surface area contributed by atoms with Crippen LogP contribution in [-0.4, -0.2) is 37.2 Å². The van der Waals surface area contributed by atoms with Gasteiger partial charge in [-0.3, -0.25) is 14.4 Å². The van der Waals surface area contributed by atoms with Crippen molar-refractivity contribution in [1.82, 2.24) is 0 Å². The van der Waals surface area contributed by atoms with Crippen LogP contribution in [0.25, 0.3) is 0 Å². The fourth-order valence-electron chi connectivity index (χ4n) is 8.41. The topological polar surface area (TPSA) is 78.9 Å². The van der Waals surface area contributed by atoms with E-state index in [9.17, 15) is 14.4 Å². The first-order valence-electron chi connectivity index (χ1n) is 29.3. The summed E-state index contributed by atoms with van der Waals surface area (Å²) in [5.74, 6) is -0.868. The van der Waals surface area contributed by atoms with Crippen LogP contribution in [0, 0.1) is 0 Å². The molecule has 0 amide bonds. The summed E-state index contributed by atoms with van der Waals surface area (Å²) in [6.45, 7) is 6.48. The minimum absolute atomic E-state index is 0.0689. The van der Waals surface area contributed by atoms with Crippen LogP contribution in [0.3, 0.4) is 0 Å². The molecule has 0 aliphatic heterocycles. The zero-order chi connectivity index (χ0) is 49.3. The van der Waals surface area contributed by atoms with Crippen LogP contribution >= 0.6 is 0 Å². The third-order valence-corrected chi connectivity index (χ3v) is 12.8. The molecule has 0 fully saturated rings. The standard InChI is InChI=1S/C62H110O6/c1-4-7-10-13-16-18-20-21-22-23-24-25-26-27-28-29-30-31-32-33-34-35-36-37-38-39-40-41-43-44-46-49-52-55-61(64)67-58-59(57-66-60(63)54-51-48-15-12-9-6-3)68-62(65)56-53-50-47-45-42-19-17-14-11-8-5-2/h7,10,16,18,21-22,24-25,27-28,59H,4-6,8-9,11-15,17,19-20,23,26,29-58H2,1-3H3/b10-7-,18-16-,22-21-,25-24-,28-27-. The Hall–Kier alpha value is -2.89. The van der Waals surface area contributed by atoms with Gasteiger partial charge in [-0.2, -0.15) is 0 Å². The molecule has 0 aromatic rings. The predicted molar refractivity (Wildman–Crippen MR) is 293 cm³/mol. The molecular formula is C62H110O6. The fraction of sp³-hybridized carbons (Fsp3) is 0.790. The number of carbonyl (C=O) groups is 3. The molecule has 0 aliphatic carbocycles. The van der Waals surface area contributed by atoms with Gasteiger partial charge in [-0.05, 0) is 64.2 Å². The van der Waals surface area contributed by atoms with Crippen molar-refractivity contribution in [2.45, 2.75) is 303 Å². The van der Waals surface area contributed by atoms with Gasteiger partial charge in [-0.15, -0.1) is 0 Å². The molecule has 394 valence electrons.